The maximum absolute atomic E-state index is 11.7. The molecule has 0 fully saturated rings. The fourth-order valence-corrected chi connectivity index (χ4v) is 1.89. The third kappa shape index (κ3) is 3.25. The Hall–Kier alpha value is -2.03. The minimum atomic E-state index is -0.679. The summed E-state index contributed by atoms with van der Waals surface area (Å²) in [6.45, 7) is 7.45. The summed E-state index contributed by atoms with van der Waals surface area (Å²) in [5.74, 6) is 0.524. The van der Waals surface area contributed by atoms with Crippen molar-refractivity contribution in [2.24, 2.45) is 0 Å². The van der Waals surface area contributed by atoms with Gasteiger partial charge >= 0.3 is 6.16 Å². The molecule has 0 bridgehead atoms. The highest BCUT2D eigenvalue weighted by molar-refractivity contribution is 5.92. The molecule has 0 aliphatic rings. The first-order valence-corrected chi connectivity index (χ1v) is 6.26. The molecule has 0 atom stereocenters. The molecule has 100 valence electrons. The zero-order valence-electron chi connectivity index (χ0n) is 11.7. The Bertz CT molecular complexity index is 609. The van der Waals surface area contributed by atoms with Gasteiger partial charge in [0.25, 0.3) is 0 Å². The van der Waals surface area contributed by atoms with E-state index in [0.717, 1.165) is 16.3 Å². The van der Waals surface area contributed by atoms with Crippen LogP contribution in [0, 0.1) is 6.92 Å². The van der Waals surface area contributed by atoms with Gasteiger partial charge in [0.05, 0.1) is 0 Å². The van der Waals surface area contributed by atoms with Gasteiger partial charge in [0.1, 0.15) is 11.4 Å². The second kappa shape index (κ2) is 4.92. The molecule has 0 spiro atoms. The fraction of sp³-hybridized carbons (Fsp3) is 0.312. The molecule has 0 saturated carbocycles. The van der Waals surface area contributed by atoms with Crippen LogP contribution >= 0.6 is 0 Å². The molecule has 0 aliphatic heterocycles. The summed E-state index contributed by atoms with van der Waals surface area (Å²) < 4.78 is 10.5. The lowest BCUT2D eigenvalue weighted by atomic mass is 10.1. The van der Waals surface area contributed by atoms with E-state index >= 15 is 0 Å². The Morgan fingerprint density at radius 2 is 1.63 bits per heavy atom. The molecule has 3 heteroatoms. The minimum Gasteiger partial charge on any atom is -0.428 e. The number of fused-ring (bicyclic) bond motifs is 1. The number of ether oxygens (including phenoxy) is 2. The Kier molecular flexibility index (Phi) is 3.47. The molecule has 0 amide bonds. The molecule has 0 unspecified atom stereocenters. The number of carbonyl (C=O) groups excluding carboxylic acids is 1. The zero-order valence-corrected chi connectivity index (χ0v) is 11.7. The average Bonchev–Trinajstić information content (AvgIpc) is 2.28. The van der Waals surface area contributed by atoms with E-state index in [9.17, 15) is 4.79 Å². The molecule has 19 heavy (non-hydrogen) atoms. The normalized spacial score (nSPS) is 11.4. The SMILES string of the molecule is Cc1cccc2c(OC(=O)OC(C)(C)C)cccc12. The molecule has 0 N–H and O–H groups in total. The largest absolute Gasteiger partial charge is 0.514 e. The van der Waals surface area contributed by atoms with E-state index in [1.165, 1.54) is 0 Å². The van der Waals surface area contributed by atoms with Crippen LogP contribution < -0.4 is 4.74 Å². The van der Waals surface area contributed by atoms with Gasteiger partial charge in [-0.3, -0.25) is 0 Å². The van der Waals surface area contributed by atoms with Gasteiger partial charge in [-0.2, -0.15) is 0 Å². The van der Waals surface area contributed by atoms with Crippen molar-refractivity contribution < 1.29 is 14.3 Å². The summed E-state index contributed by atoms with van der Waals surface area (Å²) in [6, 6.07) is 11.6. The lowest BCUT2D eigenvalue weighted by Gasteiger charge is -2.19. The van der Waals surface area contributed by atoms with E-state index in [4.69, 9.17) is 9.47 Å². The number of aryl methyl sites for hydroxylation is 1. The number of benzene rings is 2. The Balaban J connectivity index is 2.31. The van der Waals surface area contributed by atoms with Gasteiger partial charge in [-0.05, 0) is 44.7 Å². The molecule has 2 aromatic carbocycles. The monoisotopic (exact) mass is 258 g/mol. The molecule has 0 heterocycles. The molecular weight excluding hydrogens is 240 g/mol. The van der Waals surface area contributed by atoms with Gasteiger partial charge in [0.15, 0.2) is 0 Å². The van der Waals surface area contributed by atoms with Crippen molar-refractivity contribution in [3.8, 4) is 5.75 Å². The molecule has 2 aromatic rings. The highest BCUT2D eigenvalue weighted by Gasteiger charge is 2.18. The predicted octanol–water partition coefficient (Wildman–Crippen LogP) is 4.46. The van der Waals surface area contributed by atoms with E-state index in [-0.39, 0.29) is 0 Å². The maximum Gasteiger partial charge on any atom is 0.514 e. The van der Waals surface area contributed by atoms with E-state index in [1.807, 2.05) is 58.0 Å². The van der Waals surface area contributed by atoms with Gasteiger partial charge in [0, 0.05) is 5.39 Å². The summed E-state index contributed by atoms with van der Waals surface area (Å²) in [5, 5.41) is 1.98. The van der Waals surface area contributed by atoms with Crippen LogP contribution in [0.2, 0.25) is 0 Å². The molecule has 0 radical (unpaired) electrons. The van der Waals surface area contributed by atoms with E-state index in [1.54, 1.807) is 6.07 Å². The second-order valence-corrected chi connectivity index (χ2v) is 5.49. The standard InChI is InChI=1S/C16H18O3/c1-11-7-5-9-13-12(11)8-6-10-14(13)18-15(17)19-16(2,3)4/h5-10H,1-4H3. The van der Waals surface area contributed by atoms with Crippen LogP contribution in [0.25, 0.3) is 10.8 Å². The van der Waals surface area contributed by atoms with Crippen molar-refractivity contribution in [3.63, 3.8) is 0 Å². The first kappa shape index (κ1) is 13.4. The Morgan fingerprint density at radius 1 is 1.00 bits per heavy atom. The predicted molar refractivity (Wildman–Crippen MR) is 75.5 cm³/mol. The summed E-state index contributed by atoms with van der Waals surface area (Å²) in [6.07, 6.45) is -0.679. The van der Waals surface area contributed by atoms with E-state index in [0.29, 0.717) is 5.75 Å². The van der Waals surface area contributed by atoms with Crippen molar-refractivity contribution in [1.29, 1.82) is 0 Å². The number of hydrogen-bond donors (Lipinski definition) is 0. The lowest BCUT2D eigenvalue weighted by molar-refractivity contribution is 0.0209. The third-order valence-electron chi connectivity index (χ3n) is 2.68. The highest BCUT2D eigenvalue weighted by Crippen LogP contribution is 2.28. The molecule has 3 nitrogen and oxygen atoms in total. The van der Waals surface area contributed by atoms with Crippen LogP contribution in [0.5, 0.6) is 5.75 Å². The van der Waals surface area contributed by atoms with Gasteiger partial charge in [-0.25, -0.2) is 4.79 Å². The Morgan fingerprint density at radius 3 is 2.32 bits per heavy atom. The van der Waals surface area contributed by atoms with Crippen molar-refractivity contribution in [3.05, 3.63) is 42.0 Å². The van der Waals surface area contributed by atoms with Gasteiger partial charge in [-0.1, -0.05) is 30.3 Å². The van der Waals surface area contributed by atoms with Crippen molar-refractivity contribution >= 4 is 16.9 Å². The van der Waals surface area contributed by atoms with Gasteiger partial charge in [-0.15, -0.1) is 0 Å². The maximum atomic E-state index is 11.7. The topological polar surface area (TPSA) is 35.5 Å². The van der Waals surface area contributed by atoms with Gasteiger partial charge in [0.2, 0.25) is 0 Å². The van der Waals surface area contributed by atoms with E-state index < -0.39 is 11.8 Å². The molecule has 2 rings (SSSR count). The lowest BCUT2D eigenvalue weighted by Crippen LogP contribution is -2.26. The smallest absolute Gasteiger partial charge is 0.428 e. The second-order valence-electron chi connectivity index (χ2n) is 5.49. The van der Waals surface area contributed by atoms with Gasteiger partial charge < -0.3 is 9.47 Å². The first-order chi connectivity index (χ1) is 8.87. The highest BCUT2D eigenvalue weighted by atomic mass is 16.7. The molecule has 0 aliphatic carbocycles. The summed E-state index contributed by atoms with van der Waals surface area (Å²) in [5.41, 5.74) is 0.588. The average molecular weight is 258 g/mol. The van der Waals surface area contributed by atoms with Crippen molar-refractivity contribution in [2.75, 3.05) is 0 Å². The van der Waals surface area contributed by atoms with Crippen LogP contribution in [0.15, 0.2) is 36.4 Å². The summed E-state index contributed by atoms with van der Waals surface area (Å²) in [4.78, 5) is 11.7. The third-order valence-corrected chi connectivity index (χ3v) is 2.68. The zero-order chi connectivity index (χ0) is 14.0. The molecular formula is C16H18O3. The number of hydrogen-bond acceptors (Lipinski definition) is 3. The molecule has 0 aromatic heterocycles. The minimum absolute atomic E-state index is 0.524. The van der Waals surface area contributed by atoms with E-state index in [2.05, 4.69) is 0 Å². The van der Waals surface area contributed by atoms with Crippen LogP contribution in [-0.4, -0.2) is 11.8 Å². The Labute approximate surface area is 113 Å². The summed E-state index contributed by atoms with van der Waals surface area (Å²) >= 11 is 0. The summed E-state index contributed by atoms with van der Waals surface area (Å²) in [7, 11) is 0. The molecule has 0 saturated heterocycles. The quantitative estimate of drug-likeness (QED) is 0.559. The number of rotatable bonds is 1. The van der Waals surface area contributed by atoms with Crippen LogP contribution in [0.4, 0.5) is 4.79 Å². The van der Waals surface area contributed by atoms with Crippen molar-refractivity contribution in [2.45, 2.75) is 33.3 Å². The first-order valence-electron chi connectivity index (χ1n) is 6.26. The van der Waals surface area contributed by atoms with Crippen molar-refractivity contribution in [1.82, 2.24) is 0 Å². The van der Waals surface area contributed by atoms with Crippen LogP contribution in [-0.2, 0) is 4.74 Å². The fourth-order valence-electron chi connectivity index (χ4n) is 1.89. The number of carbonyl (C=O) groups is 1. The van der Waals surface area contributed by atoms with Crippen LogP contribution in [0.1, 0.15) is 26.3 Å². The van der Waals surface area contributed by atoms with Crippen LogP contribution in [0.3, 0.4) is 0 Å².